The summed E-state index contributed by atoms with van der Waals surface area (Å²) in [6.07, 6.45) is 3.49. The number of anilines is 1. The number of nitrogens with one attached hydrogen (secondary N) is 1. The first kappa shape index (κ1) is 17.9. The lowest BCUT2D eigenvalue weighted by atomic mass is 10.2. The van der Waals surface area contributed by atoms with E-state index in [9.17, 15) is 13.6 Å². The summed E-state index contributed by atoms with van der Waals surface area (Å²) < 4.78 is 30.4. The zero-order chi connectivity index (χ0) is 18.5. The second-order valence-electron chi connectivity index (χ2n) is 5.38. The molecular formula is C18H14ClF2N3O2. The standard InChI is InChI=1S/C18H14ClF2N3O2/c19-15-9-13(6-7-16(15)26-18(20)21)23-17(25)8-12-10-22-24(11-12)14-4-2-1-3-5-14/h1-7,9-11,18H,8H2,(H,23,25). The summed E-state index contributed by atoms with van der Waals surface area (Å²) in [4.78, 5) is 12.2. The zero-order valence-corrected chi connectivity index (χ0v) is 14.2. The van der Waals surface area contributed by atoms with Crippen LogP contribution in [-0.2, 0) is 11.2 Å². The van der Waals surface area contributed by atoms with Crippen molar-refractivity contribution in [1.29, 1.82) is 0 Å². The fourth-order valence-electron chi connectivity index (χ4n) is 2.33. The Kier molecular flexibility index (Phi) is 5.48. The smallest absolute Gasteiger partial charge is 0.387 e. The van der Waals surface area contributed by atoms with Crippen LogP contribution in [-0.4, -0.2) is 22.3 Å². The van der Waals surface area contributed by atoms with E-state index < -0.39 is 6.61 Å². The molecule has 1 aromatic heterocycles. The average Bonchev–Trinajstić information content (AvgIpc) is 3.06. The molecule has 1 heterocycles. The topological polar surface area (TPSA) is 56.2 Å². The molecule has 0 aliphatic heterocycles. The van der Waals surface area contributed by atoms with Crippen LogP contribution in [0.15, 0.2) is 60.9 Å². The van der Waals surface area contributed by atoms with E-state index in [0.29, 0.717) is 5.69 Å². The third-order valence-electron chi connectivity index (χ3n) is 3.45. The van der Waals surface area contributed by atoms with Gasteiger partial charge in [-0.3, -0.25) is 4.79 Å². The number of nitrogens with zero attached hydrogens (tertiary/aromatic N) is 2. The average molecular weight is 378 g/mol. The molecular weight excluding hydrogens is 364 g/mol. The summed E-state index contributed by atoms with van der Waals surface area (Å²) in [6.45, 7) is -2.96. The van der Waals surface area contributed by atoms with Gasteiger partial charge in [-0.2, -0.15) is 13.9 Å². The first-order valence-corrected chi connectivity index (χ1v) is 8.02. The Morgan fingerprint density at radius 1 is 1.23 bits per heavy atom. The van der Waals surface area contributed by atoms with Crippen molar-refractivity contribution in [3.05, 3.63) is 71.5 Å². The van der Waals surface area contributed by atoms with Gasteiger partial charge in [0.2, 0.25) is 5.91 Å². The molecule has 2 aromatic carbocycles. The van der Waals surface area contributed by atoms with Crippen LogP contribution in [0.4, 0.5) is 14.5 Å². The number of amides is 1. The molecule has 1 amide bonds. The minimum absolute atomic E-state index is 0.0139. The van der Waals surface area contributed by atoms with Crippen LogP contribution < -0.4 is 10.1 Å². The van der Waals surface area contributed by atoms with Crippen molar-refractivity contribution in [3.63, 3.8) is 0 Å². The van der Waals surface area contributed by atoms with Gasteiger partial charge in [-0.15, -0.1) is 0 Å². The summed E-state index contributed by atoms with van der Waals surface area (Å²) in [6, 6.07) is 13.6. The second-order valence-corrected chi connectivity index (χ2v) is 5.78. The molecule has 0 bridgehead atoms. The van der Waals surface area contributed by atoms with Crippen LogP contribution >= 0.6 is 11.6 Å². The Hall–Kier alpha value is -2.93. The lowest BCUT2D eigenvalue weighted by Gasteiger charge is -2.09. The predicted octanol–water partition coefficient (Wildman–Crippen LogP) is 4.31. The quantitative estimate of drug-likeness (QED) is 0.696. The number of rotatable bonds is 6. The first-order valence-electron chi connectivity index (χ1n) is 7.64. The number of aromatic nitrogens is 2. The number of hydrogen-bond donors (Lipinski definition) is 1. The molecule has 26 heavy (non-hydrogen) atoms. The van der Waals surface area contributed by atoms with E-state index in [1.165, 1.54) is 18.2 Å². The SMILES string of the molecule is O=C(Cc1cnn(-c2ccccc2)c1)Nc1ccc(OC(F)F)c(Cl)c1. The van der Waals surface area contributed by atoms with Crippen molar-refractivity contribution >= 4 is 23.2 Å². The molecule has 5 nitrogen and oxygen atoms in total. The van der Waals surface area contributed by atoms with Crippen molar-refractivity contribution < 1.29 is 18.3 Å². The highest BCUT2D eigenvalue weighted by molar-refractivity contribution is 6.32. The van der Waals surface area contributed by atoms with Crippen molar-refractivity contribution in [2.45, 2.75) is 13.0 Å². The van der Waals surface area contributed by atoms with Gasteiger partial charge in [0.25, 0.3) is 0 Å². The maximum Gasteiger partial charge on any atom is 0.387 e. The third-order valence-corrected chi connectivity index (χ3v) is 3.75. The highest BCUT2D eigenvalue weighted by Crippen LogP contribution is 2.29. The van der Waals surface area contributed by atoms with Crippen LogP contribution in [0.5, 0.6) is 5.75 Å². The van der Waals surface area contributed by atoms with E-state index >= 15 is 0 Å². The van der Waals surface area contributed by atoms with Gasteiger partial charge in [0, 0.05) is 11.9 Å². The van der Waals surface area contributed by atoms with E-state index in [0.717, 1.165) is 11.3 Å². The van der Waals surface area contributed by atoms with E-state index in [4.69, 9.17) is 11.6 Å². The molecule has 0 aliphatic rings. The zero-order valence-electron chi connectivity index (χ0n) is 13.4. The van der Waals surface area contributed by atoms with Crippen molar-refractivity contribution in [3.8, 4) is 11.4 Å². The Bertz CT molecular complexity index is 900. The largest absolute Gasteiger partial charge is 0.433 e. The fraction of sp³-hybridized carbons (Fsp3) is 0.111. The van der Waals surface area contributed by atoms with Crippen LogP contribution in [0.3, 0.4) is 0 Å². The molecule has 0 aliphatic carbocycles. The van der Waals surface area contributed by atoms with Crippen LogP contribution in [0.1, 0.15) is 5.56 Å². The van der Waals surface area contributed by atoms with Gasteiger partial charge < -0.3 is 10.1 Å². The van der Waals surface area contributed by atoms with E-state index in [-0.39, 0.29) is 23.1 Å². The number of alkyl halides is 2. The van der Waals surface area contributed by atoms with Crippen molar-refractivity contribution in [2.75, 3.05) is 5.32 Å². The minimum Gasteiger partial charge on any atom is -0.433 e. The second kappa shape index (κ2) is 7.97. The molecule has 8 heteroatoms. The normalized spacial score (nSPS) is 10.8. The monoisotopic (exact) mass is 377 g/mol. The molecule has 0 unspecified atom stereocenters. The lowest BCUT2D eigenvalue weighted by Crippen LogP contribution is -2.14. The number of hydrogen-bond acceptors (Lipinski definition) is 3. The maximum atomic E-state index is 12.2. The van der Waals surface area contributed by atoms with Crippen molar-refractivity contribution in [1.82, 2.24) is 9.78 Å². The van der Waals surface area contributed by atoms with E-state index in [2.05, 4.69) is 15.2 Å². The molecule has 0 saturated heterocycles. The molecule has 1 N–H and O–H groups in total. The van der Waals surface area contributed by atoms with Gasteiger partial charge in [-0.25, -0.2) is 4.68 Å². The molecule has 0 spiro atoms. The van der Waals surface area contributed by atoms with Gasteiger partial charge in [0.15, 0.2) is 0 Å². The number of ether oxygens (including phenoxy) is 1. The van der Waals surface area contributed by atoms with E-state index in [1.807, 2.05) is 30.3 Å². The summed E-state index contributed by atoms with van der Waals surface area (Å²) in [7, 11) is 0. The van der Waals surface area contributed by atoms with Crippen LogP contribution in [0.2, 0.25) is 5.02 Å². The molecule has 0 fully saturated rings. The fourth-order valence-corrected chi connectivity index (χ4v) is 2.56. The summed E-state index contributed by atoms with van der Waals surface area (Å²) in [5.41, 5.74) is 2.01. The molecule has 0 saturated carbocycles. The summed E-state index contributed by atoms with van der Waals surface area (Å²) >= 11 is 5.87. The Morgan fingerprint density at radius 2 is 2.00 bits per heavy atom. The molecule has 0 atom stereocenters. The Morgan fingerprint density at radius 3 is 2.69 bits per heavy atom. The molecule has 3 rings (SSSR count). The minimum atomic E-state index is -2.96. The number of carbonyl (C=O) groups excluding carboxylic acids is 1. The Labute approximate surface area is 153 Å². The van der Waals surface area contributed by atoms with Crippen molar-refractivity contribution in [2.24, 2.45) is 0 Å². The molecule has 0 radical (unpaired) electrons. The van der Waals surface area contributed by atoms with Crippen LogP contribution in [0.25, 0.3) is 5.69 Å². The number of halogens is 3. The molecule has 3 aromatic rings. The number of carbonyl (C=O) groups is 1. The predicted molar refractivity (Wildman–Crippen MR) is 94.0 cm³/mol. The summed E-state index contributed by atoms with van der Waals surface area (Å²) in [5, 5.41) is 6.87. The maximum absolute atomic E-state index is 12.2. The van der Waals surface area contributed by atoms with Gasteiger partial charge in [-0.05, 0) is 35.9 Å². The summed E-state index contributed by atoms with van der Waals surface area (Å²) in [5.74, 6) is -0.431. The molecule has 134 valence electrons. The van der Waals surface area contributed by atoms with E-state index in [1.54, 1.807) is 17.1 Å². The highest BCUT2D eigenvalue weighted by Gasteiger charge is 2.11. The number of para-hydroxylation sites is 1. The van der Waals surface area contributed by atoms with Gasteiger partial charge in [0.05, 0.1) is 23.3 Å². The van der Waals surface area contributed by atoms with Gasteiger partial charge in [0.1, 0.15) is 5.75 Å². The van der Waals surface area contributed by atoms with Gasteiger partial charge >= 0.3 is 6.61 Å². The first-order chi connectivity index (χ1) is 12.5. The highest BCUT2D eigenvalue weighted by atomic mass is 35.5. The lowest BCUT2D eigenvalue weighted by molar-refractivity contribution is -0.115. The number of benzene rings is 2. The Balaban J connectivity index is 1.63. The van der Waals surface area contributed by atoms with Crippen LogP contribution in [0, 0.1) is 0 Å². The third kappa shape index (κ3) is 4.58. The van der Waals surface area contributed by atoms with Gasteiger partial charge in [-0.1, -0.05) is 29.8 Å².